The van der Waals surface area contributed by atoms with Crippen LogP contribution in [-0.4, -0.2) is 22.5 Å². The third-order valence-corrected chi connectivity index (χ3v) is 9.72. The quantitative estimate of drug-likeness (QED) is 0.400. The van der Waals surface area contributed by atoms with Crippen molar-refractivity contribution in [2.75, 3.05) is 0 Å². The maximum absolute atomic E-state index is 12.0. The van der Waals surface area contributed by atoms with Gasteiger partial charge in [0.15, 0.2) is 0 Å². The van der Waals surface area contributed by atoms with E-state index in [1.54, 1.807) is 11.6 Å². The highest BCUT2D eigenvalue weighted by Gasteiger charge is 2.66. The number of hydrogen-bond acceptors (Lipinski definition) is 4. The predicted molar refractivity (Wildman–Crippen MR) is 106 cm³/mol. The van der Waals surface area contributed by atoms with Crippen LogP contribution in [0.5, 0.6) is 0 Å². The van der Waals surface area contributed by atoms with Gasteiger partial charge in [-0.15, -0.1) is 0 Å². The van der Waals surface area contributed by atoms with Crippen molar-refractivity contribution < 1.29 is 14.7 Å². The molecule has 1 spiro atoms. The Hall–Kier alpha value is -1.58. The monoisotopic (exact) mass is 381 g/mol. The van der Waals surface area contributed by atoms with E-state index >= 15 is 0 Å². The molecule has 6 aliphatic rings. The highest BCUT2D eigenvalue weighted by molar-refractivity contribution is 5.96. The van der Waals surface area contributed by atoms with Gasteiger partial charge in [-0.3, -0.25) is 0 Å². The fraction of sp³-hybridized carbons (Fsp3) is 0.750. The average molecular weight is 382 g/mol. The zero-order chi connectivity index (χ0) is 19.1. The Labute approximate surface area is 167 Å². The Kier molecular flexibility index (Phi) is 3.54. The number of oxime groups is 1. The number of carbonyl (C=O) groups excluding carboxylic acids is 1. The van der Waals surface area contributed by atoms with Gasteiger partial charge < -0.3 is 9.94 Å². The van der Waals surface area contributed by atoms with Crippen LogP contribution in [0, 0.1) is 40.9 Å². The van der Waals surface area contributed by atoms with Gasteiger partial charge in [-0.1, -0.05) is 17.7 Å². The van der Waals surface area contributed by atoms with E-state index in [0.717, 1.165) is 48.6 Å². The lowest BCUT2D eigenvalue weighted by Crippen LogP contribution is -2.54. The van der Waals surface area contributed by atoms with Crippen molar-refractivity contribution in [2.24, 2.45) is 46.1 Å². The molecular weight excluding hydrogens is 350 g/mol. The number of nitrogens with zero attached hydrogens (tertiary/aromatic N) is 1. The fourth-order valence-electron chi connectivity index (χ4n) is 8.31. The van der Waals surface area contributed by atoms with E-state index in [2.05, 4.69) is 24.2 Å². The molecule has 1 aliphatic heterocycles. The number of allylic oxidation sites excluding steroid dienone is 2. The zero-order valence-corrected chi connectivity index (χ0v) is 16.8. The second-order valence-electron chi connectivity index (χ2n) is 10.6. The first kappa shape index (κ1) is 17.3. The molecule has 4 heteroatoms. The summed E-state index contributed by atoms with van der Waals surface area (Å²) in [4.78, 5) is 12.0. The number of carbonyl (C=O) groups is 1. The van der Waals surface area contributed by atoms with Gasteiger partial charge in [0.2, 0.25) is 0 Å². The molecule has 0 bridgehead atoms. The van der Waals surface area contributed by atoms with E-state index in [-0.39, 0.29) is 17.0 Å². The molecule has 150 valence electrons. The second-order valence-corrected chi connectivity index (χ2v) is 10.6. The van der Waals surface area contributed by atoms with Gasteiger partial charge >= 0.3 is 5.97 Å². The lowest BCUT2D eigenvalue weighted by molar-refractivity contribution is -0.163. The molecule has 28 heavy (non-hydrogen) atoms. The minimum atomic E-state index is -0.340. The Morgan fingerprint density at radius 2 is 2.00 bits per heavy atom. The molecule has 4 fully saturated rings. The van der Waals surface area contributed by atoms with E-state index in [0.29, 0.717) is 11.8 Å². The lowest BCUT2D eigenvalue weighted by Gasteiger charge is -2.58. The van der Waals surface area contributed by atoms with Crippen molar-refractivity contribution in [1.29, 1.82) is 0 Å². The number of fused-ring (bicyclic) bond motifs is 6. The molecule has 4 unspecified atom stereocenters. The Morgan fingerprint density at radius 3 is 2.71 bits per heavy atom. The largest absolute Gasteiger partial charge is 0.451 e. The van der Waals surface area contributed by atoms with Gasteiger partial charge in [-0.25, -0.2) is 4.79 Å². The van der Waals surface area contributed by atoms with Crippen molar-refractivity contribution in [2.45, 2.75) is 70.3 Å². The van der Waals surface area contributed by atoms with Crippen molar-refractivity contribution in [3.63, 3.8) is 0 Å². The first-order valence-corrected chi connectivity index (χ1v) is 11.4. The average Bonchev–Trinajstić information content (AvgIpc) is 3.42. The van der Waals surface area contributed by atoms with Crippen molar-refractivity contribution >= 4 is 11.7 Å². The highest BCUT2D eigenvalue weighted by atomic mass is 16.6. The first-order chi connectivity index (χ1) is 13.5. The van der Waals surface area contributed by atoms with E-state index in [4.69, 9.17) is 4.74 Å². The summed E-state index contributed by atoms with van der Waals surface area (Å²) in [6.07, 6.45) is 16.7. The smallest absolute Gasteiger partial charge is 0.331 e. The van der Waals surface area contributed by atoms with Gasteiger partial charge in [0.1, 0.15) is 5.60 Å². The third-order valence-electron chi connectivity index (χ3n) is 9.72. The van der Waals surface area contributed by atoms with Crippen LogP contribution in [0.25, 0.3) is 0 Å². The van der Waals surface area contributed by atoms with E-state index in [1.165, 1.54) is 38.5 Å². The maximum Gasteiger partial charge on any atom is 0.331 e. The van der Waals surface area contributed by atoms with Crippen molar-refractivity contribution in [3.05, 3.63) is 23.8 Å². The Bertz CT molecular complexity index is 809. The number of esters is 1. The molecule has 0 aromatic rings. The van der Waals surface area contributed by atoms with Crippen LogP contribution in [0.3, 0.4) is 0 Å². The van der Waals surface area contributed by atoms with Gasteiger partial charge in [-0.2, -0.15) is 0 Å². The molecule has 5 aliphatic carbocycles. The minimum Gasteiger partial charge on any atom is -0.451 e. The lowest BCUT2D eigenvalue weighted by atomic mass is 9.47. The normalized spacial score (nSPS) is 50.9. The number of hydrogen-bond donors (Lipinski definition) is 1. The van der Waals surface area contributed by atoms with Crippen LogP contribution in [0.15, 0.2) is 29.0 Å². The molecule has 0 saturated heterocycles. The van der Waals surface area contributed by atoms with Crippen LogP contribution in [0.4, 0.5) is 0 Å². The minimum absolute atomic E-state index is 0.0948. The predicted octanol–water partition coefficient (Wildman–Crippen LogP) is 4.88. The summed E-state index contributed by atoms with van der Waals surface area (Å²) in [6.45, 7) is 2.43. The van der Waals surface area contributed by atoms with Crippen LogP contribution < -0.4 is 0 Å². The fourth-order valence-corrected chi connectivity index (χ4v) is 8.31. The van der Waals surface area contributed by atoms with E-state index < -0.39 is 0 Å². The molecule has 4 nitrogen and oxygen atoms in total. The molecule has 0 aromatic heterocycles. The molecule has 1 heterocycles. The highest BCUT2D eigenvalue weighted by Crippen LogP contribution is 2.69. The molecule has 0 aromatic carbocycles. The maximum atomic E-state index is 12.0. The molecule has 6 rings (SSSR count). The van der Waals surface area contributed by atoms with Crippen LogP contribution >= 0.6 is 0 Å². The van der Waals surface area contributed by atoms with Crippen LogP contribution in [-0.2, 0) is 9.53 Å². The van der Waals surface area contributed by atoms with Gasteiger partial charge in [0, 0.05) is 11.5 Å². The standard InChI is InChI=1S/C24H31NO3/c1-23-9-6-18-17-5-4-16(25-27)12-15(17)13-19(14-2-3-14)22(18)20(23)7-10-24(23)11-8-21(26)28-24/h8,11-12,14,17-20,22,27H,2-7,9-10,13H2,1H3/b25-16+/t17-,18?,19?,20?,22?,23-,24+/m0/s1. The van der Waals surface area contributed by atoms with Crippen LogP contribution in [0.1, 0.15) is 64.7 Å². The number of rotatable bonds is 1. The zero-order valence-electron chi connectivity index (χ0n) is 16.8. The van der Waals surface area contributed by atoms with Crippen molar-refractivity contribution in [3.8, 4) is 0 Å². The Morgan fingerprint density at radius 1 is 1.14 bits per heavy atom. The summed E-state index contributed by atoms with van der Waals surface area (Å²) in [6, 6.07) is 0. The summed E-state index contributed by atoms with van der Waals surface area (Å²) in [7, 11) is 0. The third kappa shape index (κ3) is 2.18. The van der Waals surface area contributed by atoms with Gasteiger partial charge in [-0.05, 0) is 105 Å². The van der Waals surface area contributed by atoms with Crippen LogP contribution in [0.2, 0.25) is 0 Å². The topological polar surface area (TPSA) is 58.9 Å². The SMILES string of the molecule is C[C@]12CCC3C(C(C4CC4)CC4=C/C(=N/O)CC[C@@H]43)C1CC[C@@]21C=CC(=O)O1. The summed E-state index contributed by atoms with van der Waals surface area (Å²) < 4.78 is 6.00. The molecule has 1 N–H and O–H groups in total. The summed E-state index contributed by atoms with van der Waals surface area (Å²) >= 11 is 0. The molecular formula is C24H31NO3. The molecule has 4 saturated carbocycles. The van der Waals surface area contributed by atoms with Crippen molar-refractivity contribution in [1.82, 2.24) is 0 Å². The number of ether oxygens (including phenoxy) is 1. The van der Waals surface area contributed by atoms with Gasteiger partial charge in [0.25, 0.3) is 0 Å². The summed E-state index contributed by atoms with van der Waals surface area (Å²) in [5, 5.41) is 12.8. The van der Waals surface area contributed by atoms with Gasteiger partial charge in [0.05, 0.1) is 5.71 Å². The molecule has 7 atom stereocenters. The van der Waals surface area contributed by atoms with E-state index in [9.17, 15) is 10.0 Å². The molecule has 0 radical (unpaired) electrons. The summed E-state index contributed by atoms with van der Waals surface area (Å²) in [5.41, 5.74) is 2.20. The van der Waals surface area contributed by atoms with E-state index in [1.807, 2.05) is 0 Å². The Balaban J connectivity index is 1.39. The second kappa shape index (κ2) is 5.73. The summed E-state index contributed by atoms with van der Waals surface area (Å²) in [5.74, 6) is 4.39. The molecule has 0 amide bonds. The first-order valence-electron chi connectivity index (χ1n) is 11.4.